The van der Waals surface area contributed by atoms with Crippen LogP contribution in [0.25, 0.3) is 0 Å². The Labute approximate surface area is 96.2 Å². The van der Waals surface area contributed by atoms with Gasteiger partial charge >= 0.3 is 0 Å². The summed E-state index contributed by atoms with van der Waals surface area (Å²) in [7, 11) is -5.29. The summed E-state index contributed by atoms with van der Waals surface area (Å²) in [6.07, 6.45) is 0.764. The Bertz CT molecular complexity index is 173. The zero-order valence-corrected chi connectivity index (χ0v) is 11.9. The molecule has 0 spiro atoms. The number of hydrogen-bond donors (Lipinski definition) is 2. The van der Waals surface area contributed by atoms with E-state index >= 15 is 0 Å². The summed E-state index contributed by atoms with van der Waals surface area (Å²) < 4.78 is 20.3. The van der Waals surface area contributed by atoms with Gasteiger partial charge < -0.3 is 9.79 Å². The van der Waals surface area contributed by atoms with Crippen molar-refractivity contribution in [1.29, 1.82) is 0 Å². The lowest BCUT2D eigenvalue weighted by molar-refractivity contribution is 0.485. The van der Waals surface area contributed by atoms with Gasteiger partial charge in [0.25, 0.3) is 0 Å². The topological polar surface area (TPSA) is 74.6 Å². The summed E-state index contributed by atoms with van der Waals surface area (Å²) >= 11 is 0. The monoisotopic (exact) mass is 240 g/mol. The molecule has 0 saturated heterocycles. The quantitative estimate of drug-likeness (QED) is 0.566. The van der Waals surface area contributed by atoms with Gasteiger partial charge in [0, 0.05) is 48.7 Å². The Kier molecular flexibility index (Phi) is 12.8. The predicted octanol–water partition coefficient (Wildman–Crippen LogP) is 1.43. The molecule has 4 nitrogen and oxygen atoms in total. The first-order valence-corrected chi connectivity index (χ1v) is 8.29. The van der Waals surface area contributed by atoms with Gasteiger partial charge in [0.15, 0.2) is 14.7 Å². The van der Waals surface area contributed by atoms with E-state index in [1.54, 1.807) is 13.8 Å². The molecule has 0 aliphatic rings. The molecule has 0 amide bonds. The third-order valence-electron chi connectivity index (χ3n) is 1.17. The van der Waals surface area contributed by atoms with Crippen molar-refractivity contribution >= 4 is 37.8 Å². The van der Waals surface area contributed by atoms with Crippen LogP contribution in [0.2, 0.25) is 0 Å². The maximum Gasteiger partial charge on any atom is 0.197 e. The van der Waals surface area contributed by atoms with E-state index in [9.17, 15) is 9.13 Å². The van der Waals surface area contributed by atoms with Gasteiger partial charge in [0.1, 0.15) is 0 Å². The fourth-order valence-electron chi connectivity index (χ4n) is 0. The summed E-state index contributed by atoms with van der Waals surface area (Å²) in [6, 6.07) is 0. The van der Waals surface area contributed by atoms with E-state index in [1.165, 1.54) is 13.3 Å². The largest absolute Gasteiger partial charge is 0.344 e. The standard InChI is InChI=1S/2C3H9O2P.Mg/c2*1-3-6(2,4)5;/h2*3H2,1-2H3,(H,4,5);. The minimum absolute atomic E-state index is 0. The van der Waals surface area contributed by atoms with Gasteiger partial charge in [-0.2, -0.15) is 0 Å². The van der Waals surface area contributed by atoms with Crippen LogP contribution in [0.5, 0.6) is 0 Å². The van der Waals surface area contributed by atoms with Crippen LogP contribution >= 0.6 is 14.7 Å². The Morgan fingerprint density at radius 1 is 0.923 bits per heavy atom. The first-order valence-electron chi connectivity index (χ1n) is 3.71. The maximum atomic E-state index is 10.1. The maximum absolute atomic E-state index is 10.1. The van der Waals surface area contributed by atoms with Crippen molar-refractivity contribution in [2.45, 2.75) is 13.8 Å². The van der Waals surface area contributed by atoms with E-state index in [1.807, 2.05) is 0 Å². The molecule has 0 saturated carbocycles. The highest BCUT2D eigenvalue weighted by atomic mass is 31.2. The van der Waals surface area contributed by atoms with Gasteiger partial charge in [-0.3, -0.25) is 9.13 Å². The third-order valence-corrected chi connectivity index (χ3v) is 3.52. The van der Waals surface area contributed by atoms with E-state index in [-0.39, 0.29) is 23.1 Å². The fourth-order valence-corrected chi connectivity index (χ4v) is 0. The van der Waals surface area contributed by atoms with Crippen LogP contribution < -0.4 is 0 Å². The summed E-state index contributed by atoms with van der Waals surface area (Å²) in [6.45, 7) is 6.10. The first-order chi connectivity index (χ1) is 5.12. The molecule has 0 fully saturated rings. The molecular weight excluding hydrogens is 222 g/mol. The van der Waals surface area contributed by atoms with Crippen molar-refractivity contribution in [1.82, 2.24) is 0 Å². The lowest BCUT2D eigenvalue weighted by atomic mass is 11.0. The molecular formula is C6H18MgO4P2. The normalized spacial score (nSPS) is 18.3. The number of rotatable bonds is 2. The van der Waals surface area contributed by atoms with Gasteiger partial charge in [-0.15, -0.1) is 0 Å². The average Bonchev–Trinajstić information content (AvgIpc) is 1.86. The summed E-state index contributed by atoms with van der Waals surface area (Å²) in [5, 5.41) is 0. The highest BCUT2D eigenvalue weighted by Crippen LogP contribution is 2.33. The molecule has 0 aromatic heterocycles. The summed E-state index contributed by atoms with van der Waals surface area (Å²) in [4.78, 5) is 16.8. The van der Waals surface area contributed by atoms with Gasteiger partial charge in [-0.1, -0.05) is 13.8 Å². The van der Waals surface area contributed by atoms with Crippen molar-refractivity contribution in [2.24, 2.45) is 0 Å². The van der Waals surface area contributed by atoms with Crippen molar-refractivity contribution < 1.29 is 18.9 Å². The highest BCUT2D eigenvalue weighted by molar-refractivity contribution is 7.57. The fraction of sp³-hybridized carbons (Fsp3) is 1.00. The molecule has 13 heavy (non-hydrogen) atoms. The Morgan fingerprint density at radius 3 is 1.00 bits per heavy atom. The zero-order valence-electron chi connectivity index (χ0n) is 8.73. The number of hydrogen-bond acceptors (Lipinski definition) is 2. The van der Waals surface area contributed by atoms with Crippen LogP contribution in [0.3, 0.4) is 0 Å². The van der Waals surface area contributed by atoms with Crippen LogP contribution in [-0.2, 0) is 9.13 Å². The van der Waals surface area contributed by atoms with Crippen molar-refractivity contribution in [3.8, 4) is 0 Å². The van der Waals surface area contributed by atoms with E-state index in [0.29, 0.717) is 12.3 Å². The third kappa shape index (κ3) is 32.0. The lowest BCUT2D eigenvalue weighted by Gasteiger charge is -1.94. The van der Waals surface area contributed by atoms with Crippen LogP contribution in [0.15, 0.2) is 0 Å². The van der Waals surface area contributed by atoms with Crippen molar-refractivity contribution in [3.05, 3.63) is 0 Å². The van der Waals surface area contributed by atoms with E-state index in [2.05, 4.69) is 0 Å². The van der Waals surface area contributed by atoms with Crippen molar-refractivity contribution in [2.75, 3.05) is 25.7 Å². The van der Waals surface area contributed by atoms with Gasteiger partial charge in [0.05, 0.1) is 0 Å². The van der Waals surface area contributed by atoms with Crippen LogP contribution in [-0.4, -0.2) is 58.5 Å². The van der Waals surface area contributed by atoms with Crippen molar-refractivity contribution in [3.63, 3.8) is 0 Å². The summed E-state index contributed by atoms with van der Waals surface area (Å²) in [5.41, 5.74) is 0. The lowest BCUT2D eigenvalue weighted by Crippen LogP contribution is -1.75. The highest BCUT2D eigenvalue weighted by Gasteiger charge is 2.01. The van der Waals surface area contributed by atoms with Gasteiger partial charge in [-0.05, 0) is 0 Å². The molecule has 0 heterocycles. The molecule has 0 aliphatic heterocycles. The molecule has 0 aromatic carbocycles. The Hall–Kier alpha value is 1.15. The second-order valence-electron chi connectivity index (χ2n) is 2.73. The molecule has 7 heteroatoms. The SMILES string of the molecule is CCP(C)(=O)O.CCP(C)(=O)O.[Mg]. The van der Waals surface area contributed by atoms with Crippen LogP contribution in [0, 0.1) is 0 Å². The molecule has 2 N–H and O–H groups in total. The Balaban J connectivity index is -0.000000143. The molecule has 0 aromatic rings. The van der Waals surface area contributed by atoms with Crippen LogP contribution in [0.4, 0.5) is 0 Å². The smallest absolute Gasteiger partial charge is 0.197 e. The molecule has 0 rings (SSSR count). The molecule has 0 bridgehead atoms. The predicted molar refractivity (Wildman–Crippen MR) is 58.3 cm³/mol. The van der Waals surface area contributed by atoms with E-state index in [4.69, 9.17) is 9.79 Å². The second kappa shape index (κ2) is 8.45. The molecule has 2 unspecified atom stereocenters. The molecule has 0 aliphatic carbocycles. The average molecular weight is 240 g/mol. The first kappa shape index (κ1) is 19.7. The van der Waals surface area contributed by atoms with Gasteiger partial charge in [-0.25, -0.2) is 0 Å². The minimum Gasteiger partial charge on any atom is -0.344 e. The molecule has 78 valence electrons. The van der Waals surface area contributed by atoms with Crippen LogP contribution in [0.1, 0.15) is 13.8 Å². The molecule has 2 atom stereocenters. The van der Waals surface area contributed by atoms with E-state index in [0.717, 1.165) is 0 Å². The minimum atomic E-state index is -2.65. The van der Waals surface area contributed by atoms with Gasteiger partial charge in [0.2, 0.25) is 0 Å². The molecule has 2 radical (unpaired) electrons. The Morgan fingerprint density at radius 2 is 1.00 bits per heavy atom. The second-order valence-corrected chi connectivity index (χ2v) is 8.20. The summed E-state index contributed by atoms with van der Waals surface area (Å²) in [5.74, 6) is 0. The van der Waals surface area contributed by atoms with E-state index < -0.39 is 14.7 Å². The zero-order chi connectivity index (χ0) is 10.4.